The molecule has 0 saturated carbocycles. The molecule has 21 heavy (non-hydrogen) atoms. The molecule has 4 rings (SSSR count). The van der Waals surface area contributed by atoms with Crippen molar-refractivity contribution >= 4 is 11.3 Å². The third kappa shape index (κ3) is 2.11. The molecule has 0 bridgehead atoms. The molecule has 0 spiro atoms. The molecule has 102 valence electrons. The zero-order chi connectivity index (χ0) is 14.2. The Bertz CT molecular complexity index is 850. The highest BCUT2D eigenvalue weighted by Gasteiger charge is 2.19. The van der Waals surface area contributed by atoms with Gasteiger partial charge in [-0.1, -0.05) is 30.3 Å². The van der Waals surface area contributed by atoms with Crippen molar-refractivity contribution in [3.05, 3.63) is 53.8 Å². The average Bonchev–Trinajstić information content (AvgIpc) is 3.16. The lowest BCUT2D eigenvalue weighted by molar-refractivity contribution is 1.05. The van der Waals surface area contributed by atoms with Crippen LogP contribution in [-0.2, 0) is 0 Å². The van der Waals surface area contributed by atoms with E-state index in [1.807, 2.05) is 30.5 Å². The molecule has 1 N–H and O–H groups in total. The Hall–Kier alpha value is -2.53. The van der Waals surface area contributed by atoms with Crippen molar-refractivity contribution in [3.63, 3.8) is 0 Å². The van der Waals surface area contributed by atoms with Crippen LogP contribution in [0.4, 0.5) is 0 Å². The molecule has 0 saturated heterocycles. The minimum Gasteiger partial charge on any atom is -0.342 e. The lowest BCUT2D eigenvalue weighted by Gasteiger charge is -2.05. The number of thiazole rings is 1. The van der Waals surface area contributed by atoms with Gasteiger partial charge in [0.2, 0.25) is 0 Å². The summed E-state index contributed by atoms with van der Waals surface area (Å²) in [7, 11) is 0. The first-order chi connectivity index (χ1) is 10.3. The third-order valence-corrected chi connectivity index (χ3v) is 4.07. The summed E-state index contributed by atoms with van der Waals surface area (Å²) in [6.07, 6.45) is 1.79. The van der Waals surface area contributed by atoms with E-state index in [1.165, 1.54) is 0 Å². The third-order valence-electron chi connectivity index (χ3n) is 3.29. The van der Waals surface area contributed by atoms with Crippen LogP contribution in [0.2, 0.25) is 0 Å². The summed E-state index contributed by atoms with van der Waals surface area (Å²) in [4.78, 5) is 17.0. The smallest absolute Gasteiger partial charge is 0.144 e. The van der Waals surface area contributed by atoms with Gasteiger partial charge in [0.15, 0.2) is 0 Å². The Labute approximate surface area is 125 Å². The first-order valence-corrected chi connectivity index (χ1v) is 7.52. The SMILES string of the molecule is Cc1nc(-c2nccs2)c2nc(-c3ccccc3)cc-2[nH]1. The van der Waals surface area contributed by atoms with Gasteiger partial charge in [0.1, 0.15) is 22.2 Å². The van der Waals surface area contributed by atoms with Crippen LogP contribution in [0.25, 0.3) is 33.3 Å². The van der Waals surface area contributed by atoms with E-state index in [2.05, 4.69) is 33.2 Å². The number of H-pyrrole nitrogens is 1. The van der Waals surface area contributed by atoms with Crippen molar-refractivity contribution in [2.75, 3.05) is 0 Å². The first-order valence-electron chi connectivity index (χ1n) is 6.64. The van der Waals surface area contributed by atoms with E-state index < -0.39 is 0 Å². The van der Waals surface area contributed by atoms with Crippen molar-refractivity contribution in [1.82, 2.24) is 19.9 Å². The van der Waals surface area contributed by atoms with Gasteiger partial charge in [-0.3, -0.25) is 0 Å². The molecular weight excluding hydrogens is 280 g/mol. The number of nitrogens with one attached hydrogen (secondary N) is 1. The molecule has 2 aliphatic heterocycles. The van der Waals surface area contributed by atoms with Crippen LogP contribution >= 0.6 is 11.3 Å². The summed E-state index contributed by atoms with van der Waals surface area (Å²) in [6, 6.07) is 12.2. The molecular formula is C16H12N4S. The van der Waals surface area contributed by atoms with Crippen LogP contribution in [-0.4, -0.2) is 19.9 Å². The number of rotatable bonds is 2. The van der Waals surface area contributed by atoms with E-state index in [9.17, 15) is 0 Å². The summed E-state index contributed by atoms with van der Waals surface area (Å²) < 4.78 is 0. The Morgan fingerprint density at radius 2 is 1.90 bits per heavy atom. The van der Waals surface area contributed by atoms with Gasteiger partial charge >= 0.3 is 0 Å². The van der Waals surface area contributed by atoms with Gasteiger partial charge in [-0.05, 0) is 13.0 Å². The highest BCUT2D eigenvalue weighted by atomic mass is 32.1. The Morgan fingerprint density at radius 1 is 1.05 bits per heavy atom. The Morgan fingerprint density at radius 3 is 2.67 bits per heavy atom. The van der Waals surface area contributed by atoms with Gasteiger partial charge in [0.25, 0.3) is 0 Å². The molecule has 0 radical (unpaired) electrons. The molecule has 2 aliphatic rings. The van der Waals surface area contributed by atoms with E-state index in [4.69, 9.17) is 4.98 Å². The highest BCUT2D eigenvalue weighted by molar-refractivity contribution is 7.13. The zero-order valence-corrected chi connectivity index (χ0v) is 12.2. The van der Waals surface area contributed by atoms with Crippen molar-refractivity contribution < 1.29 is 0 Å². The molecule has 5 heteroatoms. The maximum atomic E-state index is 4.75. The van der Waals surface area contributed by atoms with E-state index in [-0.39, 0.29) is 0 Å². The molecule has 1 aromatic heterocycles. The van der Waals surface area contributed by atoms with Gasteiger partial charge in [-0.15, -0.1) is 11.3 Å². The number of hydrogen-bond donors (Lipinski definition) is 1. The second-order valence-corrected chi connectivity index (χ2v) is 5.67. The maximum absolute atomic E-state index is 4.75. The monoisotopic (exact) mass is 292 g/mol. The minimum absolute atomic E-state index is 0.846. The number of hydrogen-bond acceptors (Lipinski definition) is 4. The molecule has 0 fully saturated rings. The van der Waals surface area contributed by atoms with Gasteiger partial charge in [0.05, 0.1) is 11.4 Å². The fourth-order valence-electron chi connectivity index (χ4n) is 2.38. The number of fused-ring (bicyclic) bond motifs is 1. The van der Waals surface area contributed by atoms with Crippen molar-refractivity contribution in [1.29, 1.82) is 0 Å². The lowest BCUT2D eigenvalue weighted by Crippen LogP contribution is -1.96. The number of aromatic nitrogens is 4. The van der Waals surface area contributed by atoms with Crippen LogP contribution in [0.15, 0.2) is 48.0 Å². The first kappa shape index (κ1) is 12.2. The Kier molecular flexibility index (Phi) is 2.79. The van der Waals surface area contributed by atoms with Crippen molar-refractivity contribution in [2.24, 2.45) is 0 Å². The number of nitrogens with zero attached hydrogens (tertiary/aromatic N) is 3. The fourth-order valence-corrected chi connectivity index (χ4v) is 3.01. The molecule has 0 aliphatic carbocycles. The number of benzene rings is 1. The van der Waals surface area contributed by atoms with Crippen LogP contribution in [0.3, 0.4) is 0 Å². The van der Waals surface area contributed by atoms with Crippen molar-refractivity contribution in [3.8, 4) is 33.3 Å². The van der Waals surface area contributed by atoms with E-state index >= 15 is 0 Å². The number of aromatic amines is 1. The second kappa shape index (κ2) is 4.79. The Balaban J connectivity index is 1.95. The zero-order valence-electron chi connectivity index (χ0n) is 11.4. The summed E-state index contributed by atoms with van der Waals surface area (Å²) >= 11 is 1.58. The van der Waals surface area contributed by atoms with Gasteiger partial charge < -0.3 is 4.98 Å². The van der Waals surface area contributed by atoms with E-state index in [0.717, 1.165) is 39.2 Å². The van der Waals surface area contributed by atoms with Crippen molar-refractivity contribution in [2.45, 2.75) is 6.92 Å². The standard InChI is InChI=1S/C16H12N4S/c1-10-18-13-9-12(11-5-3-2-4-6-11)20-14(13)15(19-10)16-17-7-8-21-16/h2-9H,1H3,(H,18,19). The fraction of sp³-hybridized carbons (Fsp3) is 0.0625. The molecule has 3 heterocycles. The largest absolute Gasteiger partial charge is 0.342 e. The summed E-state index contributed by atoms with van der Waals surface area (Å²) in [5, 5.41) is 2.85. The van der Waals surface area contributed by atoms with Crippen LogP contribution in [0, 0.1) is 6.92 Å². The van der Waals surface area contributed by atoms with Gasteiger partial charge in [0, 0.05) is 17.1 Å². The molecule has 1 aromatic carbocycles. The molecule has 2 aromatic rings. The normalized spacial score (nSPS) is 11.1. The molecule has 4 nitrogen and oxygen atoms in total. The minimum atomic E-state index is 0.846. The summed E-state index contributed by atoms with van der Waals surface area (Å²) in [5.41, 5.74) is 4.76. The average molecular weight is 292 g/mol. The topological polar surface area (TPSA) is 54.5 Å². The quantitative estimate of drug-likeness (QED) is 0.607. The maximum Gasteiger partial charge on any atom is 0.144 e. The van der Waals surface area contributed by atoms with Crippen LogP contribution in [0.5, 0.6) is 0 Å². The summed E-state index contributed by atoms with van der Waals surface area (Å²) in [5.74, 6) is 0.861. The number of aryl methyl sites for hydroxylation is 1. The molecule has 0 unspecified atom stereocenters. The lowest BCUT2D eigenvalue weighted by atomic mass is 10.1. The molecule has 0 amide bonds. The van der Waals surface area contributed by atoms with Crippen LogP contribution in [0.1, 0.15) is 5.82 Å². The van der Waals surface area contributed by atoms with E-state index in [0.29, 0.717) is 0 Å². The second-order valence-electron chi connectivity index (χ2n) is 4.78. The van der Waals surface area contributed by atoms with Crippen LogP contribution < -0.4 is 0 Å². The highest BCUT2D eigenvalue weighted by Crippen LogP contribution is 2.34. The summed E-state index contributed by atoms with van der Waals surface area (Å²) in [6.45, 7) is 1.95. The predicted molar refractivity (Wildman–Crippen MR) is 84.3 cm³/mol. The molecule has 0 atom stereocenters. The predicted octanol–water partition coefficient (Wildman–Crippen LogP) is 4.01. The van der Waals surface area contributed by atoms with Gasteiger partial charge in [-0.2, -0.15) is 0 Å². The van der Waals surface area contributed by atoms with Gasteiger partial charge in [-0.25, -0.2) is 15.0 Å². The van der Waals surface area contributed by atoms with E-state index in [1.54, 1.807) is 17.5 Å².